The van der Waals surface area contributed by atoms with Gasteiger partial charge in [0.1, 0.15) is 11.4 Å². The fourth-order valence-corrected chi connectivity index (χ4v) is 8.18. The van der Waals surface area contributed by atoms with E-state index in [-0.39, 0.29) is 41.3 Å². The Morgan fingerprint density at radius 2 is 1.22 bits per heavy atom. The molecule has 4 heterocycles. The molecule has 2 N–H and O–H groups in total. The number of amides is 3. The summed E-state index contributed by atoms with van der Waals surface area (Å²) in [5, 5.41) is 10.4. The number of nitrogens with one attached hydrogen (secondary N) is 1. The lowest BCUT2D eigenvalue weighted by molar-refractivity contribution is -0.192. The number of hydrogen-bond acceptors (Lipinski definition) is 8. The number of para-hydroxylation sites is 2. The Morgan fingerprint density at radius 1 is 0.734 bits per heavy atom. The number of rotatable bonds is 12. The van der Waals surface area contributed by atoms with E-state index < -0.39 is 29.9 Å². The van der Waals surface area contributed by atoms with Gasteiger partial charge in [-0.25, -0.2) is 9.59 Å². The van der Waals surface area contributed by atoms with E-state index in [0.29, 0.717) is 32.4 Å². The van der Waals surface area contributed by atoms with E-state index in [9.17, 15) is 37.1 Å². The van der Waals surface area contributed by atoms with Crippen LogP contribution in [0.5, 0.6) is 0 Å². The molecule has 0 unspecified atom stereocenters. The molecule has 12 nitrogen and oxygen atoms in total. The molecule has 2 aromatic rings. The van der Waals surface area contributed by atoms with E-state index in [1.54, 1.807) is 22.0 Å². The topological polar surface area (TPSA) is 154 Å². The highest BCUT2D eigenvalue weighted by molar-refractivity contribution is 6.03. The van der Waals surface area contributed by atoms with E-state index in [1.807, 2.05) is 81.1 Å². The molecule has 4 aliphatic heterocycles. The van der Waals surface area contributed by atoms with Gasteiger partial charge in [0.05, 0.1) is 12.1 Å². The molecule has 0 aliphatic carbocycles. The predicted molar refractivity (Wildman–Crippen MR) is 240 cm³/mol. The number of aliphatic carboxylic acids is 1. The van der Waals surface area contributed by atoms with Crippen LogP contribution in [-0.4, -0.2) is 95.5 Å². The first-order chi connectivity index (χ1) is 30.3. The highest BCUT2D eigenvalue weighted by atomic mass is 19.4. The lowest BCUT2D eigenvalue weighted by atomic mass is 9.91. The number of nitrogens with zero attached hydrogens (tertiary/aromatic N) is 3. The van der Waals surface area contributed by atoms with Crippen LogP contribution < -0.4 is 15.1 Å². The van der Waals surface area contributed by atoms with Crippen molar-refractivity contribution in [2.75, 3.05) is 36.0 Å². The van der Waals surface area contributed by atoms with Crippen molar-refractivity contribution in [2.24, 2.45) is 11.8 Å². The Hall–Kier alpha value is -5.31. The second-order valence-electron chi connectivity index (χ2n) is 17.6. The van der Waals surface area contributed by atoms with Crippen LogP contribution in [0.4, 0.5) is 29.3 Å². The second-order valence-corrected chi connectivity index (χ2v) is 17.6. The van der Waals surface area contributed by atoms with Gasteiger partial charge in [-0.3, -0.25) is 24.1 Å². The van der Waals surface area contributed by atoms with Crippen LogP contribution >= 0.6 is 0 Å². The molecule has 64 heavy (non-hydrogen) atoms. The second kappa shape index (κ2) is 24.1. The van der Waals surface area contributed by atoms with Crippen molar-refractivity contribution in [2.45, 2.75) is 136 Å². The quantitative estimate of drug-likeness (QED) is 0.199. The van der Waals surface area contributed by atoms with Gasteiger partial charge in [0.15, 0.2) is 5.78 Å². The number of ketones is 2. The number of ether oxygens (including phenoxy) is 1. The Kier molecular flexibility index (Phi) is 19.3. The Labute approximate surface area is 375 Å². The predicted octanol–water partition coefficient (Wildman–Crippen LogP) is 8.80. The van der Waals surface area contributed by atoms with E-state index in [4.69, 9.17) is 14.6 Å². The first-order valence-corrected chi connectivity index (χ1v) is 22.6. The molecule has 2 fully saturated rings. The molecule has 15 heteroatoms. The van der Waals surface area contributed by atoms with Gasteiger partial charge >= 0.3 is 18.2 Å². The van der Waals surface area contributed by atoms with Gasteiger partial charge < -0.3 is 25.0 Å². The van der Waals surface area contributed by atoms with Crippen molar-refractivity contribution in [3.05, 3.63) is 84.0 Å². The van der Waals surface area contributed by atoms with Crippen molar-refractivity contribution >= 4 is 46.8 Å². The molecule has 2 aromatic carbocycles. The van der Waals surface area contributed by atoms with Crippen molar-refractivity contribution < 1.29 is 51.8 Å². The van der Waals surface area contributed by atoms with Gasteiger partial charge in [0.2, 0.25) is 0 Å². The largest absolute Gasteiger partial charge is 0.490 e. The minimum absolute atomic E-state index is 0.0114. The van der Waals surface area contributed by atoms with Crippen LogP contribution in [0.2, 0.25) is 0 Å². The van der Waals surface area contributed by atoms with Crippen LogP contribution in [-0.2, 0) is 41.6 Å². The summed E-state index contributed by atoms with van der Waals surface area (Å²) in [4.78, 5) is 77.7. The summed E-state index contributed by atoms with van der Waals surface area (Å²) < 4.78 is 37.3. The minimum Gasteiger partial charge on any atom is -0.475 e. The number of allylic oxidation sites excluding steroid dienone is 2. The summed E-state index contributed by atoms with van der Waals surface area (Å²) in [6.07, 6.45) is 11.5. The first-order valence-electron chi connectivity index (χ1n) is 22.6. The molecule has 3 amide bonds. The summed E-state index contributed by atoms with van der Waals surface area (Å²) in [6, 6.07) is 15.6. The molecule has 2 saturated heterocycles. The van der Waals surface area contributed by atoms with Crippen molar-refractivity contribution in [1.82, 2.24) is 10.2 Å². The number of anilines is 2. The molecular formula is C49H65F3N4O8. The maximum Gasteiger partial charge on any atom is 0.490 e. The Bertz CT molecular complexity index is 1990. The number of carbonyl (C=O) groups excluding carboxylic acids is 5. The summed E-state index contributed by atoms with van der Waals surface area (Å²) in [7, 11) is 0. The average molecular weight is 895 g/mol. The molecule has 0 aromatic heterocycles. The van der Waals surface area contributed by atoms with Crippen LogP contribution in [0.15, 0.2) is 72.8 Å². The maximum absolute atomic E-state index is 13.1. The SMILES string of the molecule is CC[C@@H](/C=C/C(=O)N1CCc2ccccc21)CC(=O)[C@@H]1CCCCN1.CC[C@@H](/C=C/C(=O)N1CCc2ccccc21)CC(=O)[C@@H]1CCCCN1C(=O)OC(C)(C)C.O=C(O)C(F)(F)F. The summed E-state index contributed by atoms with van der Waals surface area (Å²) in [6.45, 7) is 12.5. The first kappa shape index (κ1) is 51.3. The summed E-state index contributed by atoms with van der Waals surface area (Å²) in [5.74, 6) is -2.35. The monoisotopic (exact) mass is 894 g/mol. The third kappa shape index (κ3) is 15.4. The zero-order valence-electron chi connectivity index (χ0n) is 37.8. The molecule has 350 valence electrons. The molecule has 4 atom stereocenters. The van der Waals surface area contributed by atoms with Gasteiger partial charge in [0.25, 0.3) is 11.8 Å². The number of carbonyl (C=O) groups is 6. The number of benzene rings is 2. The van der Waals surface area contributed by atoms with Gasteiger partial charge in [-0.05, 0) is 132 Å². The lowest BCUT2D eigenvalue weighted by Gasteiger charge is -2.36. The zero-order chi connectivity index (χ0) is 47.0. The molecule has 0 bridgehead atoms. The maximum atomic E-state index is 13.1. The normalized spacial score (nSPS) is 19.4. The van der Waals surface area contributed by atoms with Gasteiger partial charge in [-0.15, -0.1) is 0 Å². The third-order valence-electron chi connectivity index (χ3n) is 11.7. The standard InChI is InChI=1S/C26H36N2O4.C21H28N2O2.C2HF3O2/c1-5-19(13-14-24(30)27-17-15-20-10-6-7-11-21(20)27)18-23(29)22-12-8-9-16-28(22)25(31)32-26(2,3)4;1-2-16(15-20(24)18-8-5-6-13-22-18)10-11-21(25)23-14-12-17-7-3-4-9-19(17)23;3-2(4,5)1(6)7/h6-7,10-11,13-14,19,22H,5,8-9,12,15-18H2,1-4H3;3-4,7,9-11,16,18,22H,2,5-6,8,12-15H2,1H3;(H,6,7)/b14-13+;11-10+;/t19-,22-;16-,18-;/m00./s1. The van der Waals surface area contributed by atoms with Crippen molar-refractivity contribution in [3.63, 3.8) is 0 Å². The molecular weight excluding hydrogens is 830 g/mol. The zero-order valence-corrected chi connectivity index (χ0v) is 37.8. The number of carboxylic acid groups (broad SMARTS) is 1. The molecule has 0 spiro atoms. The fourth-order valence-electron chi connectivity index (χ4n) is 8.18. The number of alkyl halides is 3. The third-order valence-corrected chi connectivity index (χ3v) is 11.7. The Balaban J connectivity index is 0.000000249. The van der Waals surface area contributed by atoms with E-state index in [2.05, 4.69) is 24.4 Å². The average Bonchev–Trinajstić information content (AvgIpc) is 3.91. The number of likely N-dealkylation sites (tertiary alicyclic amines) is 1. The van der Waals surface area contributed by atoms with E-state index in [0.717, 1.165) is 82.3 Å². The van der Waals surface area contributed by atoms with Crippen molar-refractivity contribution in [3.8, 4) is 0 Å². The summed E-state index contributed by atoms with van der Waals surface area (Å²) in [5.41, 5.74) is 3.82. The van der Waals surface area contributed by atoms with Gasteiger partial charge in [-0.1, -0.05) is 68.8 Å². The van der Waals surface area contributed by atoms with Crippen LogP contribution in [0.3, 0.4) is 0 Å². The highest BCUT2D eigenvalue weighted by Gasteiger charge is 2.38. The van der Waals surface area contributed by atoms with E-state index in [1.165, 1.54) is 11.1 Å². The number of fused-ring (bicyclic) bond motifs is 2. The smallest absolute Gasteiger partial charge is 0.475 e. The van der Waals surface area contributed by atoms with Crippen LogP contribution in [0.1, 0.15) is 110 Å². The molecule has 6 rings (SSSR count). The minimum atomic E-state index is -5.08. The number of halogens is 3. The number of hydrogen-bond donors (Lipinski definition) is 2. The number of Topliss-reactive ketones (excluding diaryl/α,β-unsaturated/α-hetero) is 2. The molecule has 0 radical (unpaired) electrons. The van der Waals surface area contributed by atoms with Crippen LogP contribution in [0.25, 0.3) is 0 Å². The highest BCUT2D eigenvalue weighted by Crippen LogP contribution is 2.30. The fraction of sp³-hybridized carbons (Fsp3) is 0.551. The molecule has 0 saturated carbocycles. The molecule has 4 aliphatic rings. The van der Waals surface area contributed by atoms with Gasteiger partial charge in [0, 0.05) is 43.9 Å². The van der Waals surface area contributed by atoms with Crippen LogP contribution in [0, 0.1) is 11.8 Å². The summed E-state index contributed by atoms with van der Waals surface area (Å²) >= 11 is 0. The van der Waals surface area contributed by atoms with Gasteiger partial charge in [-0.2, -0.15) is 13.2 Å². The van der Waals surface area contributed by atoms with Crippen molar-refractivity contribution in [1.29, 1.82) is 0 Å². The lowest BCUT2D eigenvalue weighted by Crippen LogP contribution is -2.50. The number of carboxylic acids is 1. The number of piperidine rings is 2. The van der Waals surface area contributed by atoms with E-state index >= 15 is 0 Å². The Morgan fingerprint density at radius 3 is 1.67 bits per heavy atom.